The van der Waals surface area contributed by atoms with Crippen LogP contribution < -0.4 is 10.7 Å². The van der Waals surface area contributed by atoms with Crippen molar-refractivity contribution in [2.45, 2.75) is 26.2 Å². The molecule has 1 heterocycles. The molecule has 0 aliphatic heterocycles. The topological polar surface area (TPSA) is 58.4 Å². The first-order chi connectivity index (χ1) is 11.0. The fourth-order valence-corrected chi connectivity index (χ4v) is 2.92. The molecule has 0 spiro atoms. The van der Waals surface area contributed by atoms with E-state index in [1.54, 1.807) is 0 Å². The number of carbonyl (C=O) groups is 1. The molecule has 0 aliphatic carbocycles. The summed E-state index contributed by atoms with van der Waals surface area (Å²) in [7, 11) is 1.96. The van der Waals surface area contributed by atoms with Gasteiger partial charge in [0.25, 0.3) is 0 Å². The summed E-state index contributed by atoms with van der Waals surface area (Å²) < 4.78 is 2.03. The lowest BCUT2D eigenvalue weighted by Crippen LogP contribution is -2.33. The van der Waals surface area contributed by atoms with E-state index in [2.05, 4.69) is 16.0 Å². The number of hydrogen-bond donors (Lipinski definition) is 1. The predicted octanol–water partition coefficient (Wildman–Crippen LogP) is 1.19. The summed E-state index contributed by atoms with van der Waals surface area (Å²) in [5.74, 6) is 1.28. The molecule has 0 atom stereocenters. The fourth-order valence-electron chi connectivity index (χ4n) is 2.44. The maximum absolute atomic E-state index is 10.6. The van der Waals surface area contributed by atoms with Crippen molar-refractivity contribution >= 4 is 41.3 Å². The standard InChI is InChI=1S/C16H25Cl2N3O2/c1-3-14-13(7-10-21(11-8-17)12-9-18)19-15(20(14)2)5-4-6-16(22)23/h3,7H,4-6,8-12H2,1-2H3,(H,22,23)/b13-7+,14-3+. The third-order valence-electron chi connectivity index (χ3n) is 3.67. The Morgan fingerprint density at radius 2 is 2.00 bits per heavy atom. The third kappa shape index (κ3) is 6.53. The number of nitrogens with zero attached hydrogens (tertiary/aromatic N) is 3. The van der Waals surface area contributed by atoms with Crippen molar-refractivity contribution in [1.82, 2.24) is 14.5 Å². The third-order valence-corrected chi connectivity index (χ3v) is 4.01. The van der Waals surface area contributed by atoms with E-state index in [0.717, 1.165) is 36.2 Å². The molecule has 0 unspecified atom stereocenters. The molecule has 0 aliphatic rings. The fraction of sp³-hybridized carbons (Fsp3) is 0.625. The van der Waals surface area contributed by atoms with Gasteiger partial charge in [0.2, 0.25) is 0 Å². The van der Waals surface area contributed by atoms with Crippen LogP contribution in [0.15, 0.2) is 0 Å². The minimum absolute atomic E-state index is 0.163. The maximum atomic E-state index is 10.6. The Balaban J connectivity index is 2.93. The van der Waals surface area contributed by atoms with Gasteiger partial charge in [-0.3, -0.25) is 9.69 Å². The number of halogens is 2. The average molecular weight is 362 g/mol. The van der Waals surface area contributed by atoms with Crippen LogP contribution in [0.5, 0.6) is 0 Å². The van der Waals surface area contributed by atoms with E-state index in [1.165, 1.54) is 0 Å². The van der Waals surface area contributed by atoms with E-state index in [-0.39, 0.29) is 6.42 Å². The predicted molar refractivity (Wildman–Crippen MR) is 95.5 cm³/mol. The van der Waals surface area contributed by atoms with Crippen LogP contribution in [0.2, 0.25) is 0 Å². The van der Waals surface area contributed by atoms with Crippen LogP contribution in [0.3, 0.4) is 0 Å². The molecule has 5 nitrogen and oxygen atoms in total. The molecule has 0 fully saturated rings. The number of hydrogen-bond acceptors (Lipinski definition) is 3. The Morgan fingerprint density at radius 1 is 1.35 bits per heavy atom. The zero-order chi connectivity index (χ0) is 17.2. The molecule has 1 rings (SSSR count). The van der Waals surface area contributed by atoms with E-state index < -0.39 is 5.97 Å². The van der Waals surface area contributed by atoms with Crippen molar-refractivity contribution in [3.8, 4) is 0 Å². The molecule has 23 heavy (non-hydrogen) atoms. The van der Waals surface area contributed by atoms with Gasteiger partial charge in [0.15, 0.2) is 0 Å². The van der Waals surface area contributed by atoms with Gasteiger partial charge in [0.1, 0.15) is 5.82 Å². The van der Waals surface area contributed by atoms with Crippen LogP contribution in [0, 0.1) is 0 Å². The van der Waals surface area contributed by atoms with Gasteiger partial charge in [-0.25, -0.2) is 4.98 Å². The quantitative estimate of drug-likeness (QED) is 0.636. The number of aromatic nitrogens is 2. The zero-order valence-electron chi connectivity index (χ0n) is 13.8. The van der Waals surface area contributed by atoms with Crippen molar-refractivity contribution in [1.29, 1.82) is 0 Å². The summed E-state index contributed by atoms with van der Waals surface area (Å²) in [4.78, 5) is 17.5. The highest BCUT2D eigenvalue weighted by Gasteiger charge is 2.07. The van der Waals surface area contributed by atoms with Gasteiger partial charge in [-0.2, -0.15) is 0 Å². The minimum Gasteiger partial charge on any atom is -0.481 e. The summed E-state index contributed by atoms with van der Waals surface area (Å²) in [5, 5.41) is 10.7. The molecule has 130 valence electrons. The Bertz CT molecular complexity index is 608. The summed E-state index contributed by atoms with van der Waals surface area (Å²) in [6.07, 6.45) is 5.51. The number of carboxylic acid groups (broad SMARTS) is 1. The van der Waals surface area contributed by atoms with Crippen molar-refractivity contribution < 1.29 is 9.90 Å². The molecule has 7 heteroatoms. The highest BCUT2D eigenvalue weighted by Crippen LogP contribution is 1.98. The lowest BCUT2D eigenvalue weighted by atomic mass is 10.2. The van der Waals surface area contributed by atoms with Crippen molar-refractivity contribution in [2.75, 3.05) is 31.4 Å². The molecular formula is C16H25Cl2N3O2. The van der Waals surface area contributed by atoms with Gasteiger partial charge >= 0.3 is 5.97 Å². The highest BCUT2D eigenvalue weighted by atomic mass is 35.5. The molecule has 1 N–H and O–H groups in total. The van der Waals surface area contributed by atoms with Crippen LogP contribution in [-0.4, -0.2) is 56.9 Å². The van der Waals surface area contributed by atoms with E-state index in [9.17, 15) is 4.79 Å². The van der Waals surface area contributed by atoms with Gasteiger partial charge in [-0.05, 0) is 19.4 Å². The van der Waals surface area contributed by atoms with Gasteiger partial charge in [0, 0.05) is 51.3 Å². The maximum Gasteiger partial charge on any atom is 0.303 e. The monoisotopic (exact) mass is 361 g/mol. The van der Waals surface area contributed by atoms with Gasteiger partial charge in [0.05, 0.1) is 10.7 Å². The van der Waals surface area contributed by atoms with Crippen molar-refractivity contribution in [3.63, 3.8) is 0 Å². The summed E-state index contributed by atoms with van der Waals surface area (Å²) in [5.41, 5.74) is 0. The first-order valence-electron chi connectivity index (χ1n) is 7.77. The Kier molecular flexibility index (Phi) is 9.29. The molecule has 0 saturated carbocycles. The molecule has 0 saturated heterocycles. The SMILES string of the molecule is C/C=c1\c(=C/CN(CCCl)CCCl)nc(CCCC(=O)O)n1C. The zero-order valence-corrected chi connectivity index (χ0v) is 15.3. The van der Waals surface area contributed by atoms with Gasteiger partial charge in [-0.1, -0.05) is 6.08 Å². The molecule has 1 aromatic heterocycles. The highest BCUT2D eigenvalue weighted by molar-refractivity contribution is 6.18. The van der Waals surface area contributed by atoms with E-state index in [4.69, 9.17) is 28.3 Å². The minimum atomic E-state index is -0.772. The largest absolute Gasteiger partial charge is 0.481 e. The molecule has 0 aromatic carbocycles. The summed E-state index contributed by atoms with van der Waals surface area (Å²) in [6, 6.07) is 0. The number of aryl methyl sites for hydroxylation is 1. The van der Waals surface area contributed by atoms with Crippen LogP contribution in [-0.2, 0) is 18.3 Å². The number of carboxylic acids is 1. The van der Waals surface area contributed by atoms with E-state index >= 15 is 0 Å². The number of alkyl halides is 2. The lowest BCUT2D eigenvalue weighted by Gasteiger charge is -2.17. The van der Waals surface area contributed by atoms with E-state index in [0.29, 0.717) is 24.6 Å². The second-order valence-corrected chi connectivity index (χ2v) is 6.03. The molecule has 1 aromatic rings. The normalized spacial score (nSPS) is 13.3. The number of aliphatic carboxylic acids is 1. The second kappa shape index (κ2) is 10.7. The number of rotatable bonds is 10. The van der Waals surface area contributed by atoms with Crippen molar-refractivity contribution in [3.05, 3.63) is 16.5 Å². The molecule has 0 radical (unpaired) electrons. The van der Waals surface area contributed by atoms with Crippen LogP contribution in [0.1, 0.15) is 25.6 Å². The molecule has 0 bridgehead atoms. The first-order valence-corrected chi connectivity index (χ1v) is 8.84. The second-order valence-electron chi connectivity index (χ2n) is 5.28. The Hall–Kier alpha value is -1.04. The first kappa shape index (κ1) is 20.0. The average Bonchev–Trinajstić information content (AvgIpc) is 2.80. The molecular weight excluding hydrogens is 337 g/mol. The molecule has 0 amide bonds. The lowest BCUT2D eigenvalue weighted by molar-refractivity contribution is -0.137. The van der Waals surface area contributed by atoms with Crippen LogP contribution in [0.4, 0.5) is 0 Å². The van der Waals surface area contributed by atoms with Crippen molar-refractivity contribution in [2.24, 2.45) is 7.05 Å². The number of imidazole rings is 1. The summed E-state index contributed by atoms with van der Waals surface area (Å²) in [6.45, 7) is 4.29. The van der Waals surface area contributed by atoms with E-state index in [1.807, 2.05) is 24.6 Å². The van der Waals surface area contributed by atoms with Crippen LogP contribution >= 0.6 is 23.2 Å². The smallest absolute Gasteiger partial charge is 0.303 e. The summed E-state index contributed by atoms with van der Waals surface area (Å²) >= 11 is 11.6. The Labute approximate surface area is 147 Å². The Morgan fingerprint density at radius 3 is 2.52 bits per heavy atom. The van der Waals surface area contributed by atoms with Gasteiger partial charge in [-0.15, -0.1) is 23.2 Å². The van der Waals surface area contributed by atoms with Crippen LogP contribution in [0.25, 0.3) is 12.2 Å². The van der Waals surface area contributed by atoms with Gasteiger partial charge < -0.3 is 9.67 Å².